The molecule has 3 rings (SSSR count). The fourth-order valence-corrected chi connectivity index (χ4v) is 3.54. The second kappa shape index (κ2) is 5.96. The van der Waals surface area contributed by atoms with Crippen LogP contribution in [0.4, 0.5) is 0 Å². The Balaban J connectivity index is 1.58. The normalized spacial score (nSPS) is 24.1. The molecular weight excluding hydrogens is 248 g/mol. The zero-order chi connectivity index (χ0) is 13.9. The van der Waals surface area contributed by atoms with Crippen LogP contribution in [0, 0.1) is 5.92 Å². The van der Waals surface area contributed by atoms with Crippen LogP contribution in [0.25, 0.3) is 0 Å². The molecule has 0 aromatic heterocycles. The van der Waals surface area contributed by atoms with Crippen LogP contribution in [0.15, 0.2) is 24.3 Å². The summed E-state index contributed by atoms with van der Waals surface area (Å²) in [7, 11) is 0. The van der Waals surface area contributed by atoms with Crippen molar-refractivity contribution >= 4 is 5.91 Å². The predicted octanol–water partition coefficient (Wildman–Crippen LogP) is 2.40. The van der Waals surface area contributed by atoms with Crippen LogP contribution in [0.3, 0.4) is 0 Å². The summed E-state index contributed by atoms with van der Waals surface area (Å²) in [4.78, 5) is 12.4. The first-order chi connectivity index (χ1) is 9.74. The topological polar surface area (TPSA) is 41.1 Å². The number of carbonyl (C=O) groups excluding carboxylic acids is 1. The fraction of sp³-hybridized carbons (Fsp3) is 0.588. The maximum absolute atomic E-state index is 12.4. The molecule has 1 aromatic rings. The van der Waals surface area contributed by atoms with Gasteiger partial charge in [-0.2, -0.15) is 0 Å². The van der Waals surface area contributed by atoms with Gasteiger partial charge in [0, 0.05) is 12.6 Å². The van der Waals surface area contributed by atoms with Crippen LogP contribution in [0.1, 0.15) is 43.7 Å². The van der Waals surface area contributed by atoms with E-state index in [1.165, 1.54) is 36.8 Å². The molecule has 3 nitrogen and oxygen atoms in total. The van der Waals surface area contributed by atoms with Crippen LogP contribution in [0.5, 0.6) is 0 Å². The van der Waals surface area contributed by atoms with E-state index < -0.39 is 0 Å². The summed E-state index contributed by atoms with van der Waals surface area (Å²) in [5, 5.41) is 6.58. The van der Waals surface area contributed by atoms with Crippen molar-refractivity contribution in [2.45, 2.75) is 57.7 Å². The SMILES string of the molecule is C[C@H](NC(=O)C1Cc2ccccc2CN1)C1CCCC1. The second-order valence-electron chi connectivity index (χ2n) is 6.25. The van der Waals surface area contributed by atoms with Gasteiger partial charge in [-0.05, 0) is 43.2 Å². The molecule has 20 heavy (non-hydrogen) atoms. The average molecular weight is 272 g/mol. The molecule has 1 saturated carbocycles. The summed E-state index contributed by atoms with van der Waals surface area (Å²) in [5.74, 6) is 0.841. The lowest BCUT2D eigenvalue weighted by Gasteiger charge is -2.28. The van der Waals surface area contributed by atoms with Crippen molar-refractivity contribution in [3.8, 4) is 0 Å². The smallest absolute Gasteiger partial charge is 0.237 e. The number of rotatable bonds is 3. The van der Waals surface area contributed by atoms with E-state index in [2.05, 4.69) is 41.8 Å². The lowest BCUT2D eigenvalue weighted by atomic mass is 9.94. The largest absolute Gasteiger partial charge is 0.352 e. The Labute approximate surface area is 121 Å². The lowest BCUT2D eigenvalue weighted by molar-refractivity contribution is -0.124. The Bertz CT molecular complexity index is 480. The van der Waals surface area contributed by atoms with E-state index in [1.807, 2.05) is 0 Å². The summed E-state index contributed by atoms with van der Waals surface area (Å²) in [6, 6.07) is 8.62. The van der Waals surface area contributed by atoms with E-state index in [4.69, 9.17) is 0 Å². The summed E-state index contributed by atoms with van der Waals surface area (Å²) in [6.07, 6.45) is 5.98. The molecule has 1 aliphatic heterocycles. The molecule has 3 heteroatoms. The zero-order valence-corrected chi connectivity index (χ0v) is 12.2. The van der Waals surface area contributed by atoms with Gasteiger partial charge in [-0.3, -0.25) is 4.79 Å². The minimum Gasteiger partial charge on any atom is -0.352 e. The minimum absolute atomic E-state index is 0.0752. The van der Waals surface area contributed by atoms with Gasteiger partial charge in [0.15, 0.2) is 0 Å². The lowest BCUT2D eigenvalue weighted by Crippen LogP contribution is -2.51. The quantitative estimate of drug-likeness (QED) is 0.887. The van der Waals surface area contributed by atoms with Gasteiger partial charge in [0.05, 0.1) is 6.04 Å². The Morgan fingerprint density at radius 1 is 1.25 bits per heavy atom. The summed E-state index contributed by atoms with van der Waals surface area (Å²) in [5.41, 5.74) is 2.63. The summed E-state index contributed by atoms with van der Waals surface area (Å²) >= 11 is 0. The van der Waals surface area contributed by atoms with Gasteiger partial charge in [-0.1, -0.05) is 37.1 Å². The van der Waals surface area contributed by atoms with Crippen LogP contribution in [0.2, 0.25) is 0 Å². The molecule has 0 radical (unpaired) electrons. The van der Waals surface area contributed by atoms with Crippen molar-refractivity contribution in [2.24, 2.45) is 5.92 Å². The summed E-state index contributed by atoms with van der Waals surface area (Å²) < 4.78 is 0. The Morgan fingerprint density at radius 3 is 2.70 bits per heavy atom. The van der Waals surface area contributed by atoms with E-state index in [-0.39, 0.29) is 11.9 Å². The Morgan fingerprint density at radius 2 is 1.95 bits per heavy atom. The van der Waals surface area contributed by atoms with Crippen LogP contribution >= 0.6 is 0 Å². The average Bonchev–Trinajstić information content (AvgIpc) is 3.01. The maximum atomic E-state index is 12.4. The van der Waals surface area contributed by atoms with Crippen LogP contribution < -0.4 is 10.6 Å². The number of amides is 1. The summed E-state index contributed by atoms with van der Waals surface area (Å²) in [6.45, 7) is 2.96. The Hall–Kier alpha value is -1.35. The van der Waals surface area contributed by atoms with Gasteiger partial charge in [0.25, 0.3) is 0 Å². The van der Waals surface area contributed by atoms with Gasteiger partial charge >= 0.3 is 0 Å². The van der Waals surface area contributed by atoms with Gasteiger partial charge in [0.1, 0.15) is 0 Å². The van der Waals surface area contributed by atoms with Gasteiger partial charge in [-0.25, -0.2) is 0 Å². The third-order valence-electron chi connectivity index (χ3n) is 4.87. The second-order valence-corrected chi connectivity index (χ2v) is 6.25. The predicted molar refractivity (Wildman–Crippen MR) is 80.3 cm³/mol. The standard InChI is InChI=1S/C17H24N2O/c1-12(13-6-2-3-7-13)19-17(20)16-10-14-8-4-5-9-15(14)11-18-16/h4-5,8-9,12-13,16,18H,2-3,6-7,10-11H2,1H3,(H,19,20)/t12-,16?/m0/s1. The molecule has 1 amide bonds. The number of carbonyl (C=O) groups is 1. The molecule has 2 aliphatic rings. The maximum Gasteiger partial charge on any atom is 0.237 e. The van der Waals surface area contributed by atoms with Crippen molar-refractivity contribution in [2.75, 3.05) is 0 Å². The molecule has 0 spiro atoms. The number of nitrogens with one attached hydrogen (secondary N) is 2. The van der Waals surface area contributed by atoms with Crippen molar-refractivity contribution < 1.29 is 4.79 Å². The molecule has 108 valence electrons. The molecule has 2 N–H and O–H groups in total. The zero-order valence-electron chi connectivity index (χ0n) is 12.2. The molecule has 1 fully saturated rings. The molecule has 1 unspecified atom stereocenters. The molecule has 1 aromatic carbocycles. The highest BCUT2D eigenvalue weighted by molar-refractivity contribution is 5.82. The van der Waals surface area contributed by atoms with Gasteiger partial charge in [-0.15, -0.1) is 0 Å². The van der Waals surface area contributed by atoms with E-state index in [0.717, 1.165) is 13.0 Å². The Kier molecular flexibility index (Phi) is 4.06. The third-order valence-corrected chi connectivity index (χ3v) is 4.87. The number of benzene rings is 1. The number of hydrogen-bond donors (Lipinski definition) is 2. The molecule has 1 heterocycles. The highest BCUT2D eigenvalue weighted by Gasteiger charge is 2.28. The third kappa shape index (κ3) is 2.88. The first kappa shape index (κ1) is 13.6. The van der Waals surface area contributed by atoms with E-state index >= 15 is 0 Å². The molecule has 0 saturated heterocycles. The molecule has 1 aliphatic carbocycles. The molecule has 0 bridgehead atoms. The number of hydrogen-bond acceptors (Lipinski definition) is 2. The number of fused-ring (bicyclic) bond motifs is 1. The van der Waals surface area contributed by atoms with Crippen LogP contribution in [-0.4, -0.2) is 18.0 Å². The van der Waals surface area contributed by atoms with Crippen molar-refractivity contribution in [3.05, 3.63) is 35.4 Å². The highest BCUT2D eigenvalue weighted by atomic mass is 16.2. The van der Waals surface area contributed by atoms with Gasteiger partial charge in [0.2, 0.25) is 5.91 Å². The van der Waals surface area contributed by atoms with Crippen molar-refractivity contribution in [1.82, 2.24) is 10.6 Å². The fourth-order valence-electron chi connectivity index (χ4n) is 3.54. The highest BCUT2D eigenvalue weighted by Crippen LogP contribution is 2.27. The van der Waals surface area contributed by atoms with E-state index in [0.29, 0.717) is 12.0 Å². The monoisotopic (exact) mass is 272 g/mol. The van der Waals surface area contributed by atoms with E-state index in [1.54, 1.807) is 0 Å². The molecular formula is C17H24N2O. The minimum atomic E-state index is -0.0752. The first-order valence-corrected chi connectivity index (χ1v) is 7.84. The van der Waals surface area contributed by atoms with Crippen molar-refractivity contribution in [1.29, 1.82) is 0 Å². The molecule has 2 atom stereocenters. The van der Waals surface area contributed by atoms with E-state index in [9.17, 15) is 4.79 Å². The first-order valence-electron chi connectivity index (χ1n) is 7.84. The van der Waals surface area contributed by atoms with Crippen molar-refractivity contribution in [3.63, 3.8) is 0 Å². The van der Waals surface area contributed by atoms with Crippen LogP contribution in [-0.2, 0) is 17.8 Å². The van der Waals surface area contributed by atoms with Gasteiger partial charge < -0.3 is 10.6 Å².